The number of hydrogen-bond donors (Lipinski definition) is 2. The first-order chi connectivity index (χ1) is 10.3. The third-order valence-electron chi connectivity index (χ3n) is 3.38. The number of anilines is 1. The molecular weight excluding hydrogens is 266 g/mol. The van der Waals surface area contributed by atoms with Gasteiger partial charge >= 0.3 is 0 Å². The summed E-state index contributed by atoms with van der Waals surface area (Å²) in [5, 5.41) is 6.09. The van der Waals surface area contributed by atoms with E-state index < -0.39 is 0 Å². The lowest BCUT2D eigenvalue weighted by Crippen LogP contribution is -2.35. The van der Waals surface area contributed by atoms with E-state index in [-0.39, 0.29) is 11.9 Å². The second kappa shape index (κ2) is 6.37. The Labute approximate surface area is 123 Å². The number of ether oxygens (including phenoxy) is 1. The maximum atomic E-state index is 12.0. The molecule has 1 saturated heterocycles. The van der Waals surface area contributed by atoms with Crippen molar-refractivity contribution in [3.05, 3.63) is 48.8 Å². The van der Waals surface area contributed by atoms with Gasteiger partial charge in [0, 0.05) is 18.1 Å². The predicted octanol–water partition coefficient (Wildman–Crippen LogP) is 2.56. The average molecular weight is 283 g/mol. The molecule has 0 saturated carbocycles. The maximum absolute atomic E-state index is 12.0. The number of carbonyl (C=O) groups excluding carboxylic acids is 1. The van der Waals surface area contributed by atoms with Gasteiger partial charge in [-0.2, -0.15) is 0 Å². The molecule has 1 aliphatic rings. The van der Waals surface area contributed by atoms with Crippen molar-refractivity contribution in [2.75, 3.05) is 11.9 Å². The Kier molecular flexibility index (Phi) is 4.12. The molecule has 0 aliphatic carbocycles. The molecule has 0 bridgehead atoms. The molecule has 1 aromatic carbocycles. The standard InChI is InChI=1S/C16H17N3O2/c20-16(15-2-1-9-18-15)19-12-3-5-13(6-4-12)21-14-7-10-17-11-8-14/h3-8,10-11,15,18H,1-2,9H2,(H,19,20)/t15-/m0/s1. The van der Waals surface area contributed by atoms with E-state index in [9.17, 15) is 4.79 Å². The van der Waals surface area contributed by atoms with Crippen molar-refractivity contribution in [1.82, 2.24) is 10.3 Å². The van der Waals surface area contributed by atoms with Crippen LogP contribution in [0.15, 0.2) is 48.8 Å². The normalized spacial score (nSPS) is 17.4. The third-order valence-corrected chi connectivity index (χ3v) is 3.38. The molecule has 1 fully saturated rings. The summed E-state index contributed by atoms with van der Waals surface area (Å²) >= 11 is 0. The molecule has 1 aromatic heterocycles. The van der Waals surface area contributed by atoms with Crippen LogP contribution in [0, 0.1) is 0 Å². The monoisotopic (exact) mass is 283 g/mol. The molecule has 2 aromatic rings. The summed E-state index contributed by atoms with van der Waals surface area (Å²) < 4.78 is 5.67. The SMILES string of the molecule is O=C(Nc1ccc(Oc2ccncc2)cc1)[C@@H]1CCCN1. The minimum atomic E-state index is -0.0715. The van der Waals surface area contributed by atoms with Crippen LogP contribution in [-0.2, 0) is 4.79 Å². The summed E-state index contributed by atoms with van der Waals surface area (Å²) in [6.45, 7) is 0.913. The van der Waals surface area contributed by atoms with E-state index in [0.29, 0.717) is 0 Å². The first-order valence-corrected chi connectivity index (χ1v) is 7.03. The van der Waals surface area contributed by atoms with Gasteiger partial charge < -0.3 is 15.4 Å². The van der Waals surface area contributed by atoms with Gasteiger partial charge in [-0.25, -0.2) is 0 Å². The molecule has 2 N–H and O–H groups in total. The first kappa shape index (κ1) is 13.6. The van der Waals surface area contributed by atoms with Crippen LogP contribution in [0.3, 0.4) is 0 Å². The Morgan fingerprint density at radius 1 is 1.14 bits per heavy atom. The molecule has 0 spiro atoms. The highest BCUT2D eigenvalue weighted by Crippen LogP contribution is 2.22. The van der Waals surface area contributed by atoms with E-state index in [1.807, 2.05) is 24.3 Å². The zero-order chi connectivity index (χ0) is 14.5. The molecule has 0 unspecified atom stereocenters. The fourth-order valence-electron chi connectivity index (χ4n) is 2.29. The van der Waals surface area contributed by atoms with Crippen molar-refractivity contribution in [1.29, 1.82) is 0 Å². The Bertz CT molecular complexity index is 593. The van der Waals surface area contributed by atoms with Crippen molar-refractivity contribution in [2.24, 2.45) is 0 Å². The fourth-order valence-corrected chi connectivity index (χ4v) is 2.29. The van der Waals surface area contributed by atoms with E-state index in [4.69, 9.17) is 4.74 Å². The van der Waals surface area contributed by atoms with Crippen molar-refractivity contribution in [2.45, 2.75) is 18.9 Å². The highest BCUT2D eigenvalue weighted by Gasteiger charge is 2.21. The van der Waals surface area contributed by atoms with Crippen LogP contribution in [0.25, 0.3) is 0 Å². The van der Waals surface area contributed by atoms with Gasteiger partial charge in [0.15, 0.2) is 0 Å². The van der Waals surface area contributed by atoms with E-state index in [2.05, 4.69) is 15.6 Å². The van der Waals surface area contributed by atoms with E-state index in [1.165, 1.54) is 0 Å². The molecule has 108 valence electrons. The van der Waals surface area contributed by atoms with Crippen molar-refractivity contribution in [3.8, 4) is 11.5 Å². The lowest BCUT2D eigenvalue weighted by atomic mass is 10.2. The highest BCUT2D eigenvalue weighted by atomic mass is 16.5. The largest absolute Gasteiger partial charge is 0.457 e. The van der Waals surface area contributed by atoms with Crippen LogP contribution >= 0.6 is 0 Å². The summed E-state index contributed by atoms with van der Waals surface area (Å²) in [5.41, 5.74) is 0.774. The van der Waals surface area contributed by atoms with Crippen LogP contribution in [0.2, 0.25) is 0 Å². The maximum Gasteiger partial charge on any atom is 0.241 e. The summed E-state index contributed by atoms with van der Waals surface area (Å²) in [6.07, 6.45) is 5.31. The second-order valence-electron chi connectivity index (χ2n) is 4.95. The predicted molar refractivity (Wildman–Crippen MR) is 80.4 cm³/mol. The quantitative estimate of drug-likeness (QED) is 0.905. The Morgan fingerprint density at radius 3 is 2.52 bits per heavy atom. The van der Waals surface area contributed by atoms with Crippen LogP contribution in [-0.4, -0.2) is 23.5 Å². The molecule has 1 atom stereocenters. The first-order valence-electron chi connectivity index (χ1n) is 7.03. The van der Waals surface area contributed by atoms with Crippen LogP contribution < -0.4 is 15.4 Å². The Balaban J connectivity index is 1.60. The average Bonchev–Trinajstić information content (AvgIpc) is 3.05. The van der Waals surface area contributed by atoms with E-state index in [0.717, 1.165) is 36.6 Å². The number of nitrogens with one attached hydrogen (secondary N) is 2. The molecule has 1 amide bonds. The Morgan fingerprint density at radius 2 is 1.86 bits per heavy atom. The number of amides is 1. The van der Waals surface area contributed by atoms with E-state index in [1.54, 1.807) is 24.5 Å². The van der Waals surface area contributed by atoms with Crippen molar-refractivity contribution >= 4 is 11.6 Å². The van der Waals surface area contributed by atoms with Gasteiger partial charge in [0.25, 0.3) is 0 Å². The number of hydrogen-bond acceptors (Lipinski definition) is 4. The molecular formula is C16H17N3O2. The van der Waals surface area contributed by atoms with Crippen LogP contribution in [0.5, 0.6) is 11.5 Å². The summed E-state index contributed by atoms with van der Waals surface area (Å²) in [7, 11) is 0. The summed E-state index contributed by atoms with van der Waals surface area (Å²) in [5.74, 6) is 1.48. The van der Waals surface area contributed by atoms with Gasteiger partial charge in [-0.15, -0.1) is 0 Å². The lowest BCUT2D eigenvalue weighted by Gasteiger charge is -2.11. The number of nitrogens with zero attached hydrogens (tertiary/aromatic N) is 1. The number of benzene rings is 1. The fraction of sp³-hybridized carbons (Fsp3) is 0.250. The van der Waals surface area contributed by atoms with Gasteiger partial charge in [-0.1, -0.05) is 0 Å². The van der Waals surface area contributed by atoms with Gasteiger partial charge in [0.05, 0.1) is 6.04 Å². The second-order valence-corrected chi connectivity index (χ2v) is 4.95. The molecule has 5 nitrogen and oxygen atoms in total. The summed E-state index contributed by atoms with van der Waals surface area (Å²) in [6, 6.07) is 10.9. The zero-order valence-corrected chi connectivity index (χ0v) is 11.6. The topological polar surface area (TPSA) is 63.2 Å². The molecule has 1 aliphatic heterocycles. The smallest absolute Gasteiger partial charge is 0.241 e. The zero-order valence-electron chi connectivity index (χ0n) is 11.6. The van der Waals surface area contributed by atoms with Crippen LogP contribution in [0.1, 0.15) is 12.8 Å². The Hall–Kier alpha value is -2.40. The third kappa shape index (κ3) is 3.58. The number of rotatable bonds is 4. The minimum Gasteiger partial charge on any atom is -0.457 e. The van der Waals surface area contributed by atoms with Gasteiger partial charge in [-0.3, -0.25) is 9.78 Å². The lowest BCUT2D eigenvalue weighted by molar-refractivity contribution is -0.117. The van der Waals surface area contributed by atoms with Gasteiger partial charge in [0.1, 0.15) is 11.5 Å². The molecule has 3 rings (SSSR count). The highest BCUT2D eigenvalue weighted by molar-refractivity contribution is 5.95. The van der Waals surface area contributed by atoms with Crippen molar-refractivity contribution < 1.29 is 9.53 Å². The van der Waals surface area contributed by atoms with Gasteiger partial charge in [-0.05, 0) is 55.8 Å². The molecule has 21 heavy (non-hydrogen) atoms. The molecule has 2 heterocycles. The van der Waals surface area contributed by atoms with Gasteiger partial charge in [0.2, 0.25) is 5.91 Å². The van der Waals surface area contributed by atoms with Crippen LogP contribution in [0.4, 0.5) is 5.69 Å². The molecule has 5 heteroatoms. The van der Waals surface area contributed by atoms with E-state index >= 15 is 0 Å². The summed E-state index contributed by atoms with van der Waals surface area (Å²) in [4.78, 5) is 15.9. The minimum absolute atomic E-state index is 0.0234. The number of pyridine rings is 1. The van der Waals surface area contributed by atoms with Crippen molar-refractivity contribution in [3.63, 3.8) is 0 Å². The number of aromatic nitrogens is 1. The molecule has 0 radical (unpaired) electrons. The number of carbonyl (C=O) groups is 1.